The molecule has 0 spiro atoms. The Bertz CT molecular complexity index is 288. The fourth-order valence-electron chi connectivity index (χ4n) is 2.43. The summed E-state index contributed by atoms with van der Waals surface area (Å²) in [5, 5.41) is 11.6. The molecule has 0 bridgehead atoms. The van der Waals surface area contributed by atoms with Crippen LogP contribution in [0.25, 0.3) is 0 Å². The lowest BCUT2D eigenvalue weighted by Gasteiger charge is -2.32. The van der Waals surface area contributed by atoms with Crippen molar-refractivity contribution in [3.05, 3.63) is 0 Å². The molecule has 1 saturated carbocycles. The molecule has 0 radical (unpaired) electrons. The third kappa shape index (κ3) is 4.20. The lowest BCUT2D eigenvalue weighted by Crippen LogP contribution is -2.50. The predicted molar refractivity (Wildman–Crippen MR) is 69.5 cm³/mol. The number of carboxylic acid groups (broad SMARTS) is 1. The maximum atomic E-state index is 12.0. The van der Waals surface area contributed by atoms with Crippen molar-refractivity contribution in [3.8, 4) is 0 Å². The molecule has 0 aliphatic heterocycles. The Morgan fingerprint density at radius 2 is 1.94 bits per heavy atom. The average molecular weight is 256 g/mol. The van der Waals surface area contributed by atoms with Crippen molar-refractivity contribution in [3.63, 3.8) is 0 Å². The van der Waals surface area contributed by atoms with Crippen molar-refractivity contribution in [2.45, 2.75) is 64.0 Å². The van der Waals surface area contributed by atoms with E-state index in [0.29, 0.717) is 6.42 Å². The Hall–Kier alpha value is -1.26. The van der Waals surface area contributed by atoms with E-state index in [4.69, 9.17) is 5.11 Å². The molecule has 2 N–H and O–H groups in total. The summed E-state index contributed by atoms with van der Waals surface area (Å²) in [6.45, 7) is 1.91. The van der Waals surface area contributed by atoms with Crippen LogP contribution in [0.2, 0.25) is 0 Å². The second-order valence-corrected chi connectivity index (χ2v) is 5.03. The van der Waals surface area contributed by atoms with Gasteiger partial charge in [0.1, 0.15) is 6.04 Å². The smallest absolute Gasteiger partial charge is 0.326 e. The Morgan fingerprint density at radius 1 is 1.33 bits per heavy atom. The van der Waals surface area contributed by atoms with E-state index in [9.17, 15) is 9.59 Å². The topological polar surface area (TPSA) is 69.6 Å². The molecule has 5 nitrogen and oxygen atoms in total. The zero-order valence-corrected chi connectivity index (χ0v) is 11.3. The Balaban J connectivity index is 2.48. The lowest BCUT2D eigenvalue weighted by atomic mass is 9.95. The van der Waals surface area contributed by atoms with E-state index in [1.165, 1.54) is 6.42 Å². The van der Waals surface area contributed by atoms with Gasteiger partial charge in [-0.3, -0.25) is 0 Å². The number of carbonyl (C=O) groups is 2. The van der Waals surface area contributed by atoms with Crippen molar-refractivity contribution >= 4 is 12.0 Å². The first-order chi connectivity index (χ1) is 8.56. The second-order valence-electron chi connectivity index (χ2n) is 5.03. The first-order valence-electron chi connectivity index (χ1n) is 6.82. The van der Waals surface area contributed by atoms with Gasteiger partial charge in [-0.2, -0.15) is 0 Å². The van der Waals surface area contributed by atoms with Gasteiger partial charge in [0.05, 0.1) is 0 Å². The number of urea groups is 1. The third-order valence-electron chi connectivity index (χ3n) is 3.62. The van der Waals surface area contributed by atoms with Gasteiger partial charge in [0, 0.05) is 13.1 Å². The molecule has 1 rings (SSSR count). The van der Waals surface area contributed by atoms with Gasteiger partial charge in [-0.25, -0.2) is 9.59 Å². The first-order valence-corrected chi connectivity index (χ1v) is 6.82. The van der Waals surface area contributed by atoms with Gasteiger partial charge in [0.2, 0.25) is 0 Å². The molecule has 1 atom stereocenters. The van der Waals surface area contributed by atoms with Crippen LogP contribution in [0.4, 0.5) is 4.79 Å². The summed E-state index contributed by atoms with van der Waals surface area (Å²) in [5.74, 6) is -0.956. The lowest BCUT2D eigenvalue weighted by molar-refractivity contribution is -0.139. The summed E-state index contributed by atoms with van der Waals surface area (Å²) in [6, 6.07) is -0.772. The first kappa shape index (κ1) is 14.8. The number of nitrogens with one attached hydrogen (secondary N) is 1. The molecular formula is C13H24N2O3. The maximum absolute atomic E-state index is 12.0. The molecule has 1 aliphatic carbocycles. The van der Waals surface area contributed by atoms with E-state index in [1.807, 2.05) is 6.92 Å². The van der Waals surface area contributed by atoms with Crippen LogP contribution in [0.5, 0.6) is 0 Å². The summed E-state index contributed by atoms with van der Waals surface area (Å²) in [5.41, 5.74) is 0. The fourth-order valence-corrected chi connectivity index (χ4v) is 2.43. The highest BCUT2D eigenvalue weighted by Gasteiger charge is 2.25. The van der Waals surface area contributed by atoms with Crippen LogP contribution >= 0.6 is 0 Å². The Labute approximate surface area is 109 Å². The number of carboxylic acids is 1. The SMILES string of the molecule is CCC[C@@H](NC(=O)N(C)C1CCCCC1)C(=O)O. The molecule has 0 aromatic heterocycles. The summed E-state index contributed by atoms with van der Waals surface area (Å²) in [6.07, 6.45) is 6.80. The second kappa shape index (κ2) is 7.24. The predicted octanol–water partition coefficient (Wildman–Crippen LogP) is 2.21. The number of amides is 2. The van der Waals surface area contributed by atoms with Gasteiger partial charge in [0.15, 0.2) is 0 Å². The van der Waals surface area contributed by atoms with Crippen LogP contribution in [-0.2, 0) is 4.79 Å². The molecule has 5 heteroatoms. The third-order valence-corrected chi connectivity index (χ3v) is 3.62. The van der Waals surface area contributed by atoms with E-state index >= 15 is 0 Å². The maximum Gasteiger partial charge on any atom is 0.326 e. The van der Waals surface area contributed by atoms with Crippen LogP contribution < -0.4 is 5.32 Å². The molecule has 1 fully saturated rings. The van der Waals surface area contributed by atoms with Crippen molar-refractivity contribution < 1.29 is 14.7 Å². The normalized spacial score (nSPS) is 18.1. The number of hydrogen-bond donors (Lipinski definition) is 2. The summed E-state index contributed by atoms with van der Waals surface area (Å²) in [4.78, 5) is 24.6. The highest BCUT2D eigenvalue weighted by molar-refractivity contribution is 5.82. The van der Waals surface area contributed by atoms with E-state index in [0.717, 1.165) is 32.1 Å². The number of hydrogen-bond acceptors (Lipinski definition) is 2. The number of rotatable bonds is 5. The summed E-state index contributed by atoms with van der Waals surface area (Å²) in [7, 11) is 1.76. The molecule has 104 valence electrons. The standard InChI is InChI=1S/C13H24N2O3/c1-3-7-11(12(16)17)14-13(18)15(2)10-8-5-4-6-9-10/h10-11H,3-9H2,1-2H3,(H,14,18)(H,16,17)/t11-/m1/s1. The van der Waals surface area contributed by atoms with Crippen molar-refractivity contribution in [1.82, 2.24) is 10.2 Å². The zero-order chi connectivity index (χ0) is 13.5. The van der Waals surface area contributed by atoms with Crippen LogP contribution in [-0.4, -0.2) is 41.1 Å². The van der Waals surface area contributed by atoms with Crippen molar-refractivity contribution in [2.24, 2.45) is 0 Å². The zero-order valence-electron chi connectivity index (χ0n) is 11.3. The molecule has 0 saturated heterocycles. The molecule has 2 amide bonds. The Kier molecular flexibility index (Phi) is 5.95. The van der Waals surface area contributed by atoms with Crippen LogP contribution in [0, 0.1) is 0 Å². The number of nitrogens with zero attached hydrogens (tertiary/aromatic N) is 1. The molecule has 0 aromatic rings. The Morgan fingerprint density at radius 3 is 2.44 bits per heavy atom. The van der Waals surface area contributed by atoms with Gasteiger partial charge in [-0.05, 0) is 19.3 Å². The van der Waals surface area contributed by atoms with Gasteiger partial charge in [0.25, 0.3) is 0 Å². The quantitative estimate of drug-likeness (QED) is 0.792. The molecular weight excluding hydrogens is 232 g/mol. The minimum absolute atomic E-state index is 0.259. The van der Waals surface area contributed by atoms with Crippen LogP contribution in [0.3, 0.4) is 0 Å². The average Bonchev–Trinajstić information content (AvgIpc) is 2.38. The van der Waals surface area contributed by atoms with E-state index in [1.54, 1.807) is 11.9 Å². The van der Waals surface area contributed by atoms with Crippen LogP contribution in [0.15, 0.2) is 0 Å². The van der Waals surface area contributed by atoms with Gasteiger partial charge >= 0.3 is 12.0 Å². The monoisotopic (exact) mass is 256 g/mol. The van der Waals surface area contributed by atoms with Crippen molar-refractivity contribution in [1.29, 1.82) is 0 Å². The molecule has 0 unspecified atom stereocenters. The number of aliphatic carboxylic acids is 1. The van der Waals surface area contributed by atoms with Gasteiger partial charge in [-0.15, -0.1) is 0 Å². The van der Waals surface area contributed by atoms with E-state index in [-0.39, 0.29) is 12.1 Å². The molecule has 0 heterocycles. The van der Waals surface area contributed by atoms with E-state index < -0.39 is 12.0 Å². The van der Waals surface area contributed by atoms with Crippen molar-refractivity contribution in [2.75, 3.05) is 7.05 Å². The highest BCUT2D eigenvalue weighted by atomic mass is 16.4. The van der Waals surface area contributed by atoms with Crippen LogP contribution in [0.1, 0.15) is 51.9 Å². The van der Waals surface area contributed by atoms with Gasteiger partial charge in [-0.1, -0.05) is 32.6 Å². The summed E-state index contributed by atoms with van der Waals surface area (Å²) < 4.78 is 0. The largest absolute Gasteiger partial charge is 0.480 e. The number of carbonyl (C=O) groups excluding carboxylic acids is 1. The summed E-state index contributed by atoms with van der Waals surface area (Å²) >= 11 is 0. The minimum Gasteiger partial charge on any atom is -0.480 e. The molecule has 1 aliphatic rings. The minimum atomic E-state index is -0.956. The highest BCUT2D eigenvalue weighted by Crippen LogP contribution is 2.21. The van der Waals surface area contributed by atoms with E-state index in [2.05, 4.69) is 5.32 Å². The molecule has 18 heavy (non-hydrogen) atoms. The molecule has 0 aromatic carbocycles. The van der Waals surface area contributed by atoms with Gasteiger partial charge < -0.3 is 15.3 Å². The fraction of sp³-hybridized carbons (Fsp3) is 0.846.